The van der Waals surface area contributed by atoms with E-state index in [9.17, 15) is 4.79 Å². The number of hydrogen-bond donors (Lipinski definition) is 2. The number of benzene rings is 1. The molecule has 1 unspecified atom stereocenters. The lowest BCUT2D eigenvalue weighted by atomic mass is 10.1. The van der Waals surface area contributed by atoms with Gasteiger partial charge in [-0.05, 0) is 38.4 Å². The van der Waals surface area contributed by atoms with Gasteiger partial charge in [-0.2, -0.15) is 0 Å². The second-order valence-corrected chi connectivity index (χ2v) is 5.36. The SMILES string of the molecule is CNCC(=O)NCc1ccc(C)cc1OCC1CCCO1. The van der Waals surface area contributed by atoms with Gasteiger partial charge in [0.15, 0.2) is 0 Å². The third-order valence-corrected chi connectivity index (χ3v) is 3.48. The highest BCUT2D eigenvalue weighted by Gasteiger charge is 2.17. The molecule has 1 amide bonds. The van der Waals surface area contributed by atoms with E-state index in [1.807, 2.05) is 25.1 Å². The molecule has 1 aromatic rings. The van der Waals surface area contributed by atoms with Gasteiger partial charge in [0.2, 0.25) is 5.91 Å². The van der Waals surface area contributed by atoms with Crippen LogP contribution in [0.15, 0.2) is 18.2 Å². The second kappa shape index (κ2) is 8.00. The molecule has 1 heterocycles. The lowest BCUT2D eigenvalue weighted by Crippen LogP contribution is -2.31. The molecule has 0 spiro atoms. The molecule has 1 atom stereocenters. The van der Waals surface area contributed by atoms with Crippen molar-refractivity contribution >= 4 is 5.91 Å². The van der Waals surface area contributed by atoms with Gasteiger partial charge in [-0.15, -0.1) is 0 Å². The summed E-state index contributed by atoms with van der Waals surface area (Å²) >= 11 is 0. The molecule has 1 aliphatic heterocycles. The molecule has 1 fully saturated rings. The molecule has 5 heteroatoms. The highest BCUT2D eigenvalue weighted by atomic mass is 16.5. The van der Waals surface area contributed by atoms with Gasteiger partial charge in [-0.25, -0.2) is 0 Å². The van der Waals surface area contributed by atoms with Gasteiger partial charge in [0.1, 0.15) is 12.4 Å². The van der Waals surface area contributed by atoms with Crippen LogP contribution in [0.1, 0.15) is 24.0 Å². The number of carbonyl (C=O) groups excluding carboxylic acids is 1. The Labute approximate surface area is 126 Å². The van der Waals surface area contributed by atoms with Crippen LogP contribution in [0.5, 0.6) is 5.75 Å². The molecule has 1 saturated heterocycles. The normalized spacial score (nSPS) is 17.7. The van der Waals surface area contributed by atoms with E-state index in [2.05, 4.69) is 10.6 Å². The molecule has 21 heavy (non-hydrogen) atoms. The largest absolute Gasteiger partial charge is 0.491 e. The summed E-state index contributed by atoms with van der Waals surface area (Å²) in [4.78, 5) is 11.5. The lowest BCUT2D eigenvalue weighted by molar-refractivity contribution is -0.120. The van der Waals surface area contributed by atoms with Crippen molar-refractivity contribution in [2.75, 3.05) is 26.8 Å². The Morgan fingerprint density at radius 1 is 1.48 bits per heavy atom. The van der Waals surface area contributed by atoms with E-state index in [1.165, 1.54) is 0 Å². The molecule has 5 nitrogen and oxygen atoms in total. The molecule has 0 radical (unpaired) electrons. The summed E-state index contributed by atoms with van der Waals surface area (Å²) in [5, 5.41) is 5.70. The number of carbonyl (C=O) groups is 1. The van der Waals surface area contributed by atoms with Crippen LogP contribution in [0.3, 0.4) is 0 Å². The molecule has 116 valence electrons. The van der Waals surface area contributed by atoms with Crippen molar-refractivity contribution in [1.82, 2.24) is 10.6 Å². The summed E-state index contributed by atoms with van der Waals surface area (Å²) in [6.07, 6.45) is 2.35. The van der Waals surface area contributed by atoms with E-state index in [4.69, 9.17) is 9.47 Å². The third-order valence-electron chi connectivity index (χ3n) is 3.48. The van der Waals surface area contributed by atoms with Gasteiger partial charge in [-0.1, -0.05) is 12.1 Å². The highest BCUT2D eigenvalue weighted by Crippen LogP contribution is 2.22. The van der Waals surface area contributed by atoms with Crippen LogP contribution in [0.4, 0.5) is 0 Å². The number of aryl methyl sites for hydroxylation is 1. The Morgan fingerprint density at radius 3 is 3.05 bits per heavy atom. The lowest BCUT2D eigenvalue weighted by Gasteiger charge is -2.16. The fourth-order valence-electron chi connectivity index (χ4n) is 2.32. The molecule has 1 aliphatic rings. The first kappa shape index (κ1) is 15.8. The number of likely N-dealkylation sites (N-methyl/N-ethyl adjacent to an activating group) is 1. The molecule has 1 aromatic carbocycles. The Morgan fingerprint density at radius 2 is 2.33 bits per heavy atom. The molecule has 0 aliphatic carbocycles. The fraction of sp³-hybridized carbons (Fsp3) is 0.562. The first-order valence-corrected chi connectivity index (χ1v) is 7.44. The smallest absolute Gasteiger partial charge is 0.234 e. The number of amides is 1. The van der Waals surface area contributed by atoms with Crippen molar-refractivity contribution in [2.45, 2.75) is 32.4 Å². The topological polar surface area (TPSA) is 59.6 Å². The third kappa shape index (κ3) is 5.02. The minimum absolute atomic E-state index is 0.0249. The van der Waals surface area contributed by atoms with Crippen molar-refractivity contribution in [3.8, 4) is 5.75 Å². The van der Waals surface area contributed by atoms with Crippen molar-refractivity contribution in [1.29, 1.82) is 0 Å². The molecule has 0 saturated carbocycles. The number of rotatable bonds is 7. The zero-order chi connectivity index (χ0) is 15.1. The number of nitrogens with one attached hydrogen (secondary N) is 2. The van der Waals surface area contributed by atoms with E-state index in [0.29, 0.717) is 19.7 Å². The zero-order valence-corrected chi connectivity index (χ0v) is 12.8. The van der Waals surface area contributed by atoms with E-state index >= 15 is 0 Å². The zero-order valence-electron chi connectivity index (χ0n) is 12.8. The average Bonchev–Trinajstić information content (AvgIpc) is 2.97. The summed E-state index contributed by atoms with van der Waals surface area (Å²) in [6.45, 7) is 4.22. The molecular formula is C16H24N2O3. The predicted octanol–water partition coefficient (Wildman–Crippen LogP) is 1.39. The number of hydrogen-bond acceptors (Lipinski definition) is 4. The monoisotopic (exact) mass is 292 g/mol. The molecule has 0 bridgehead atoms. The van der Waals surface area contributed by atoms with Crippen LogP contribution in [-0.2, 0) is 16.1 Å². The van der Waals surface area contributed by atoms with Gasteiger partial charge in [0.05, 0.1) is 12.6 Å². The second-order valence-electron chi connectivity index (χ2n) is 5.36. The molecule has 2 N–H and O–H groups in total. The molecule has 0 aromatic heterocycles. The van der Waals surface area contributed by atoms with Gasteiger partial charge in [-0.3, -0.25) is 4.79 Å². The Balaban J connectivity index is 1.93. The Hall–Kier alpha value is -1.59. The first-order chi connectivity index (χ1) is 10.2. The minimum Gasteiger partial charge on any atom is -0.491 e. The van der Waals surface area contributed by atoms with Gasteiger partial charge in [0.25, 0.3) is 0 Å². The van der Waals surface area contributed by atoms with Crippen LogP contribution in [0.2, 0.25) is 0 Å². The maximum absolute atomic E-state index is 11.5. The maximum Gasteiger partial charge on any atom is 0.234 e. The van der Waals surface area contributed by atoms with E-state index in [-0.39, 0.29) is 12.0 Å². The maximum atomic E-state index is 11.5. The summed E-state index contributed by atoms with van der Waals surface area (Å²) < 4.78 is 11.5. The Bertz CT molecular complexity index is 471. The predicted molar refractivity (Wildman–Crippen MR) is 81.4 cm³/mol. The minimum atomic E-state index is -0.0249. The van der Waals surface area contributed by atoms with E-state index in [1.54, 1.807) is 7.05 Å². The van der Waals surface area contributed by atoms with Crippen LogP contribution in [0.25, 0.3) is 0 Å². The fourth-order valence-corrected chi connectivity index (χ4v) is 2.32. The van der Waals surface area contributed by atoms with E-state index < -0.39 is 0 Å². The van der Waals surface area contributed by atoms with Crippen LogP contribution in [0, 0.1) is 6.92 Å². The summed E-state index contributed by atoms with van der Waals surface area (Å²) in [5.41, 5.74) is 2.13. The standard InChI is InChI=1S/C16H24N2O3/c1-12-5-6-13(9-18-16(19)10-17-2)15(8-12)21-11-14-4-3-7-20-14/h5-6,8,14,17H,3-4,7,9-11H2,1-2H3,(H,18,19). The average molecular weight is 292 g/mol. The summed E-state index contributed by atoms with van der Waals surface area (Å²) in [5.74, 6) is 0.804. The summed E-state index contributed by atoms with van der Waals surface area (Å²) in [7, 11) is 1.75. The van der Waals surface area contributed by atoms with Crippen molar-refractivity contribution in [2.24, 2.45) is 0 Å². The van der Waals surface area contributed by atoms with Crippen molar-refractivity contribution in [3.63, 3.8) is 0 Å². The number of ether oxygens (including phenoxy) is 2. The van der Waals surface area contributed by atoms with Gasteiger partial charge < -0.3 is 20.1 Å². The van der Waals surface area contributed by atoms with Crippen molar-refractivity contribution in [3.05, 3.63) is 29.3 Å². The van der Waals surface area contributed by atoms with Crippen molar-refractivity contribution < 1.29 is 14.3 Å². The molecular weight excluding hydrogens is 268 g/mol. The highest BCUT2D eigenvalue weighted by molar-refractivity contribution is 5.78. The quantitative estimate of drug-likeness (QED) is 0.797. The van der Waals surface area contributed by atoms with Gasteiger partial charge in [0, 0.05) is 18.7 Å². The van der Waals surface area contributed by atoms with Crippen LogP contribution < -0.4 is 15.4 Å². The first-order valence-electron chi connectivity index (χ1n) is 7.44. The van der Waals surface area contributed by atoms with Gasteiger partial charge >= 0.3 is 0 Å². The summed E-state index contributed by atoms with van der Waals surface area (Å²) in [6, 6.07) is 6.03. The van der Waals surface area contributed by atoms with Crippen LogP contribution >= 0.6 is 0 Å². The van der Waals surface area contributed by atoms with E-state index in [0.717, 1.165) is 36.3 Å². The van der Waals surface area contributed by atoms with Crippen LogP contribution in [-0.4, -0.2) is 38.8 Å². The molecule has 2 rings (SSSR count). The Kier molecular flexibility index (Phi) is 6.02.